The standard InChI is InChI=1S/C25H33N5O6/c1-15-12-30(16(2)14-31)24(32)20-10-19(8-7-9-34-6)11-26-23(20)35-21(15)13-29(5)25(33)27-22-17(3)28-36-18(22)4/h10-11,15-16,21,31H,9,12-14H2,1-6H3,(H,27,33)/t15-,16-,21+/m0/s1. The number of hydrogen-bond donors (Lipinski definition) is 2. The van der Waals surface area contributed by atoms with E-state index in [0.717, 1.165) is 0 Å². The molecule has 194 valence electrons. The number of aromatic nitrogens is 2. The Hall–Kier alpha value is -3.62. The topological polar surface area (TPSA) is 130 Å². The number of aryl methyl sites for hydroxylation is 2. The van der Waals surface area contributed by atoms with Gasteiger partial charge in [0, 0.05) is 38.4 Å². The van der Waals surface area contributed by atoms with Gasteiger partial charge in [-0.05, 0) is 26.8 Å². The predicted molar refractivity (Wildman–Crippen MR) is 132 cm³/mol. The third-order valence-electron chi connectivity index (χ3n) is 6.04. The van der Waals surface area contributed by atoms with Crippen LogP contribution in [0.15, 0.2) is 16.8 Å². The molecule has 0 unspecified atom stereocenters. The van der Waals surface area contributed by atoms with Gasteiger partial charge in [-0.25, -0.2) is 9.78 Å². The molecule has 2 N–H and O–H groups in total. The molecule has 0 spiro atoms. The molecular formula is C25H33N5O6. The first-order valence-corrected chi connectivity index (χ1v) is 11.7. The Labute approximate surface area is 210 Å². The number of hydrogen-bond acceptors (Lipinski definition) is 8. The highest BCUT2D eigenvalue weighted by atomic mass is 16.5. The van der Waals surface area contributed by atoms with Crippen LogP contribution >= 0.6 is 0 Å². The summed E-state index contributed by atoms with van der Waals surface area (Å²) in [4.78, 5) is 33.8. The minimum absolute atomic E-state index is 0.156. The molecular weight excluding hydrogens is 466 g/mol. The Kier molecular flexibility index (Phi) is 8.90. The zero-order valence-corrected chi connectivity index (χ0v) is 21.5. The molecule has 0 fully saturated rings. The lowest BCUT2D eigenvalue weighted by Gasteiger charge is -2.37. The third kappa shape index (κ3) is 6.13. The number of urea groups is 1. The van der Waals surface area contributed by atoms with Gasteiger partial charge in [-0.2, -0.15) is 0 Å². The number of nitrogens with zero attached hydrogens (tertiary/aromatic N) is 4. The van der Waals surface area contributed by atoms with Crippen LogP contribution < -0.4 is 10.1 Å². The van der Waals surface area contributed by atoms with E-state index in [9.17, 15) is 14.7 Å². The van der Waals surface area contributed by atoms with Crippen molar-refractivity contribution in [3.63, 3.8) is 0 Å². The minimum atomic E-state index is -0.483. The number of rotatable bonds is 6. The average molecular weight is 500 g/mol. The molecule has 11 nitrogen and oxygen atoms in total. The van der Waals surface area contributed by atoms with E-state index in [2.05, 4.69) is 27.3 Å². The first kappa shape index (κ1) is 27.0. The van der Waals surface area contributed by atoms with Crippen molar-refractivity contribution in [2.24, 2.45) is 5.92 Å². The number of carbonyl (C=O) groups is 2. The normalized spacial score (nSPS) is 18.2. The Balaban J connectivity index is 1.88. The van der Waals surface area contributed by atoms with Gasteiger partial charge in [0.05, 0.1) is 19.2 Å². The molecule has 1 aliphatic heterocycles. The van der Waals surface area contributed by atoms with Crippen molar-refractivity contribution < 1.29 is 28.7 Å². The van der Waals surface area contributed by atoms with Gasteiger partial charge in [0.25, 0.3) is 5.91 Å². The molecule has 2 aromatic rings. The average Bonchev–Trinajstić information content (AvgIpc) is 3.18. The van der Waals surface area contributed by atoms with Gasteiger partial charge < -0.3 is 34.2 Å². The van der Waals surface area contributed by atoms with Crippen molar-refractivity contribution in [3.05, 3.63) is 34.8 Å². The molecule has 3 atom stereocenters. The summed E-state index contributed by atoms with van der Waals surface area (Å²) in [7, 11) is 3.20. The zero-order chi connectivity index (χ0) is 26.4. The molecule has 0 radical (unpaired) electrons. The van der Waals surface area contributed by atoms with Gasteiger partial charge in [0.15, 0.2) is 5.76 Å². The molecule has 3 heterocycles. The molecule has 36 heavy (non-hydrogen) atoms. The number of likely N-dealkylation sites (N-methyl/N-ethyl adjacent to an activating group) is 1. The highest BCUT2D eigenvalue weighted by molar-refractivity contribution is 5.97. The van der Waals surface area contributed by atoms with Gasteiger partial charge >= 0.3 is 6.03 Å². The zero-order valence-electron chi connectivity index (χ0n) is 21.5. The highest BCUT2D eigenvalue weighted by Crippen LogP contribution is 2.27. The lowest BCUT2D eigenvalue weighted by Crippen LogP contribution is -2.50. The van der Waals surface area contributed by atoms with Crippen LogP contribution in [0.25, 0.3) is 0 Å². The van der Waals surface area contributed by atoms with Crippen molar-refractivity contribution in [1.29, 1.82) is 0 Å². The molecule has 1 aliphatic rings. The van der Waals surface area contributed by atoms with Crippen molar-refractivity contribution in [1.82, 2.24) is 19.9 Å². The fourth-order valence-electron chi connectivity index (χ4n) is 3.82. The number of amides is 3. The van der Waals surface area contributed by atoms with E-state index in [1.807, 2.05) is 6.92 Å². The van der Waals surface area contributed by atoms with E-state index in [0.29, 0.717) is 29.2 Å². The maximum absolute atomic E-state index is 13.4. The van der Waals surface area contributed by atoms with Gasteiger partial charge in [-0.1, -0.05) is 23.9 Å². The number of carbonyl (C=O) groups excluding carboxylic acids is 2. The second-order valence-electron chi connectivity index (χ2n) is 8.94. The van der Waals surface area contributed by atoms with Crippen molar-refractivity contribution in [2.45, 2.75) is 39.8 Å². The number of pyridine rings is 1. The van der Waals surface area contributed by atoms with Crippen molar-refractivity contribution in [3.8, 4) is 17.7 Å². The minimum Gasteiger partial charge on any atom is -0.472 e. The summed E-state index contributed by atoms with van der Waals surface area (Å²) in [5, 5.41) is 16.5. The van der Waals surface area contributed by atoms with E-state index in [4.69, 9.17) is 14.0 Å². The fourth-order valence-corrected chi connectivity index (χ4v) is 3.82. The van der Waals surface area contributed by atoms with Crippen LogP contribution in [-0.4, -0.2) is 89.6 Å². The third-order valence-corrected chi connectivity index (χ3v) is 6.04. The summed E-state index contributed by atoms with van der Waals surface area (Å²) in [6.07, 6.45) is 1.05. The number of methoxy groups -OCH3 is 1. The van der Waals surface area contributed by atoms with Crippen LogP contribution in [-0.2, 0) is 4.74 Å². The Morgan fingerprint density at radius 2 is 2.19 bits per heavy atom. The lowest BCUT2D eigenvalue weighted by atomic mass is 10.00. The van der Waals surface area contributed by atoms with Crippen LogP contribution in [0.1, 0.15) is 41.2 Å². The van der Waals surface area contributed by atoms with Gasteiger partial charge in [0.1, 0.15) is 29.7 Å². The van der Waals surface area contributed by atoms with Crippen molar-refractivity contribution in [2.75, 3.05) is 45.8 Å². The van der Waals surface area contributed by atoms with E-state index in [-0.39, 0.29) is 49.1 Å². The fraction of sp³-hybridized carbons (Fsp3) is 0.520. The van der Waals surface area contributed by atoms with E-state index < -0.39 is 12.1 Å². The summed E-state index contributed by atoms with van der Waals surface area (Å²) >= 11 is 0. The molecule has 11 heteroatoms. The molecule has 0 aliphatic carbocycles. The van der Waals surface area contributed by atoms with Gasteiger partial charge in [-0.3, -0.25) is 4.79 Å². The number of anilines is 1. The Morgan fingerprint density at radius 3 is 2.83 bits per heavy atom. The SMILES string of the molecule is COCC#Cc1cnc2c(c1)C(=O)N([C@@H](C)CO)C[C@H](C)[C@@H](CN(C)C(=O)Nc1c(C)noc1C)O2. The van der Waals surface area contributed by atoms with E-state index >= 15 is 0 Å². The number of ether oxygens (including phenoxy) is 2. The number of nitrogens with one attached hydrogen (secondary N) is 1. The molecule has 3 amide bonds. The molecule has 0 bridgehead atoms. The first-order valence-electron chi connectivity index (χ1n) is 11.7. The Bertz CT molecular complexity index is 1130. The van der Waals surface area contributed by atoms with Gasteiger partial charge in [0.2, 0.25) is 5.88 Å². The van der Waals surface area contributed by atoms with Crippen molar-refractivity contribution >= 4 is 17.6 Å². The molecule has 0 saturated heterocycles. The van der Waals surface area contributed by atoms with Crippen LogP contribution in [0.5, 0.6) is 5.88 Å². The summed E-state index contributed by atoms with van der Waals surface area (Å²) in [5.41, 5.74) is 1.90. The monoisotopic (exact) mass is 499 g/mol. The summed E-state index contributed by atoms with van der Waals surface area (Å²) < 4.78 is 16.3. The quantitative estimate of drug-likeness (QED) is 0.578. The Morgan fingerprint density at radius 1 is 1.44 bits per heavy atom. The summed E-state index contributed by atoms with van der Waals surface area (Å²) in [6.45, 7) is 7.78. The second-order valence-corrected chi connectivity index (χ2v) is 8.94. The predicted octanol–water partition coefficient (Wildman–Crippen LogP) is 2.07. The van der Waals surface area contributed by atoms with Crippen LogP contribution in [0.3, 0.4) is 0 Å². The molecule has 2 aromatic heterocycles. The summed E-state index contributed by atoms with van der Waals surface area (Å²) in [6, 6.07) is 0.858. The lowest BCUT2D eigenvalue weighted by molar-refractivity contribution is 0.0356. The molecule has 3 rings (SSSR count). The number of fused-ring (bicyclic) bond motifs is 1. The largest absolute Gasteiger partial charge is 0.472 e. The molecule has 0 aromatic carbocycles. The van der Waals surface area contributed by atoms with Crippen LogP contribution in [0, 0.1) is 31.6 Å². The summed E-state index contributed by atoms with van der Waals surface area (Å²) in [5.74, 6) is 5.96. The maximum atomic E-state index is 13.4. The molecule has 0 saturated carbocycles. The maximum Gasteiger partial charge on any atom is 0.321 e. The first-order chi connectivity index (χ1) is 17.2. The van der Waals surface area contributed by atoms with E-state index in [1.165, 1.54) is 11.1 Å². The van der Waals surface area contributed by atoms with E-state index in [1.54, 1.807) is 45.9 Å². The smallest absolute Gasteiger partial charge is 0.321 e. The number of aliphatic hydroxyl groups excluding tert-OH is 1. The van der Waals surface area contributed by atoms with Gasteiger partial charge in [-0.15, -0.1) is 0 Å². The number of aliphatic hydroxyl groups is 1. The second kappa shape index (κ2) is 11.9. The van der Waals surface area contributed by atoms with Crippen LogP contribution in [0.4, 0.5) is 10.5 Å². The highest BCUT2D eigenvalue weighted by Gasteiger charge is 2.34. The van der Waals surface area contributed by atoms with Crippen LogP contribution in [0.2, 0.25) is 0 Å².